The molecule has 4 aliphatic carbocycles. The number of carboxylic acids is 1. The highest BCUT2D eigenvalue weighted by molar-refractivity contribution is 5.70. The molecular formula is C32H54O5. The molecule has 37 heavy (non-hydrogen) atoms. The van der Waals surface area contributed by atoms with Crippen LogP contribution < -0.4 is 0 Å². The number of aliphatic carboxylic acids is 1. The van der Waals surface area contributed by atoms with Crippen LogP contribution in [-0.2, 0) is 4.79 Å². The maximum Gasteiger partial charge on any atom is 0.306 e. The van der Waals surface area contributed by atoms with Crippen molar-refractivity contribution in [3.8, 4) is 0 Å². The van der Waals surface area contributed by atoms with E-state index in [0.29, 0.717) is 25.2 Å². The highest BCUT2D eigenvalue weighted by atomic mass is 16.4. The smallest absolute Gasteiger partial charge is 0.306 e. The number of fused-ring (bicyclic) bond motifs is 4. The Labute approximate surface area is 225 Å². The Morgan fingerprint density at radius 2 is 1.62 bits per heavy atom. The molecule has 0 aliphatic heterocycles. The maximum atomic E-state index is 12.7. The summed E-state index contributed by atoms with van der Waals surface area (Å²) in [6.45, 7) is 15.4. The predicted octanol–water partition coefficient (Wildman–Crippen LogP) is 6.35. The number of allylic oxidation sites excluding steroid dienone is 2. The second-order valence-corrected chi connectivity index (χ2v) is 15.1. The fourth-order valence-corrected chi connectivity index (χ4v) is 10.2. The summed E-state index contributed by atoms with van der Waals surface area (Å²) in [6, 6.07) is 0. The van der Waals surface area contributed by atoms with Gasteiger partial charge in [0, 0.05) is 6.61 Å². The first-order chi connectivity index (χ1) is 17.0. The molecular weight excluding hydrogens is 464 g/mol. The van der Waals surface area contributed by atoms with Gasteiger partial charge in [-0.2, -0.15) is 0 Å². The van der Waals surface area contributed by atoms with Crippen molar-refractivity contribution in [1.82, 2.24) is 0 Å². The lowest BCUT2D eigenvalue weighted by atomic mass is 9.43. The van der Waals surface area contributed by atoms with Gasteiger partial charge >= 0.3 is 5.97 Å². The zero-order valence-electron chi connectivity index (χ0n) is 24.6. The molecule has 0 amide bonds. The molecule has 0 aromatic carbocycles. The molecule has 0 spiro atoms. The Morgan fingerprint density at radius 1 is 0.946 bits per heavy atom. The fourth-order valence-electron chi connectivity index (χ4n) is 10.2. The number of rotatable bonds is 8. The molecule has 5 heteroatoms. The molecule has 4 rings (SSSR count). The van der Waals surface area contributed by atoms with E-state index in [1.807, 2.05) is 0 Å². The summed E-state index contributed by atoms with van der Waals surface area (Å²) in [5.74, 6) is -0.623. The van der Waals surface area contributed by atoms with Crippen molar-refractivity contribution in [2.45, 2.75) is 131 Å². The van der Waals surface area contributed by atoms with Crippen LogP contribution in [-0.4, -0.2) is 44.7 Å². The second-order valence-electron chi connectivity index (χ2n) is 15.1. The van der Waals surface area contributed by atoms with Crippen LogP contribution >= 0.6 is 0 Å². The molecule has 4 N–H and O–H groups in total. The zero-order chi connectivity index (χ0) is 27.6. The molecule has 2 saturated carbocycles. The van der Waals surface area contributed by atoms with Gasteiger partial charge in [0.2, 0.25) is 0 Å². The summed E-state index contributed by atoms with van der Waals surface area (Å²) in [5.41, 5.74) is 2.38. The number of aliphatic hydroxyl groups excluding tert-OH is 2. The summed E-state index contributed by atoms with van der Waals surface area (Å²) in [7, 11) is 0. The molecule has 0 unspecified atom stereocenters. The van der Waals surface area contributed by atoms with E-state index in [1.54, 1.807) is 25.0 Å². The van der Waals surface area contributed by atoms with Crippen molar-refractivity contribution in [1.29, 1.82) is 0 Å². The van der Waals surface area contributed by atoms with Crippen molar-refractivity contribution < 1.29 is 25.2 Å². The molecule has 0 aromatic rings. The Hall–Kier alpha value is -0.910. The number of aliphatic hydroxyl groups is 3. The fraction of sp³-hybridized carbons (Fsp3) is 0.906. The average molecular weight is 519 g/mol. The van der Waals surface area contributed by atoms with Gasteiger partial charge in [-0.3, -0.25) is 4.79 Å². The molecule has 5 nitrogen and oxygen atoms in total. The first-order valence-corrected chi connectivity index (χ1v) is 15.0. The first kappa shape index (κ1) is 29.1. The third-order valence-corrected chi connectivity index (χ3v) is 12.9. The van der Waals surface area contributed by atoms with E-state index in [9.17, 15) is 25.2 Å². The normalized spacial score (nSPS) is 41.0. The summed E-state index contributed by atoms with van der Waals surface area (Å²) in [6.07, 6.45) is 9.64. The van der Waals surface area contributed by atoms with Gasteiger partial charge in [-0.15, -0.1) is 0 Å². The molecule has 2 fully saturated rings. The monoisotopic (exact) mass is 518 g/mol. The van der Waals surface area contributed by atoms with Crippen LogP contribution in [0.1, 0.15) is 119 Å². The minimum atomic E-state index is -0.931. The van der Waals surface area contributed by atoms with E-state index in [0.717, 1.165) is 51.4 Å². The van der Waals surface area contributed by atoms with Crippen molar-refractivity contribution in [2.24, 2.45) is 45.3 Å². The van der Waals surface area contributed by atoms with Gasteiger partial charge in [-0.05, 0) is 124 Å². The minimum Gasteiger partial charge on any atom is -0.481 e. The molecule has 0 saturated heterocycles. The summed E-state index contributed by atoms with van der Waals surface area (Å²) < 4.78 is 0. The van der Waals surface area contributed by atoms with Crippen LogP contribution in [0.3, 0.4) is 0 Å². The van der Waals surface area contributed by atoms with E-state index in [-0.39, 0.29) is 46.2 Å². The lowest BCUT2D eigenvalue weighted by Gasteiger charge is -2.62. The number of hydrogen-bond acceptors (Lipinski definition) is 4. The van der Waals surface area contributed by atoms with Gasteiger partial charge < -0.3 is 20.4 Å². The van der Waals surface area contributed by atoms with Crippen molar-refractivity contribution in [3.63, 3.8) is 0 Å². The SMILES string of the molecule is CC(C)(O)[C@H](CCO)CC[C@H](C(=O)O)[C@@H]1CC[C@]2(C)C3=C(CC[C@@]12C)[C@@]1(C)CC[C@@H](O)C(C)(C)[C@@H]1CC3. The van der Waals surface area contributed by atoms with E-state index in [4.69, 9.17) is 0 Å². The molecule has 0 heterocycles. The van der Waals surface area contributed by atoms with E-state index >= 15 is 0 Å². The van der Waals surface area contributed by atoms with Gasteiger partial charge in [-0.25, -0.2) is 0 Å². The molecule has 0 bridgehead atoms. The standard InChI is InChI=1S/C32H54O5/c1-28(2)25-11-10-24-23(30(25,5)16-14-26(28)34)13-18-31(6)22(12-17-32(24,31)7)21(27(35)36)9-8-20(15-19-33)29(3,4)37/h20-22,25-26,33-34,37H,8-19H2,1-7H3,(H,35,36)/t20-,21-,22-,25-,26+,30+,31-,32+/m0/s1. The first-order valence-electron chi connectivity index (χ1n) is 15.0. The van der Waals surface area contributed by atoms with Gasteiger partial charge in [0.15, 0.2) is 0 Å². The second kappa shape index (κ2) is 9.63. The lowest BCUT2D eigenvalue weighted by Crippen LogP contribution is -2.55. The highest BCUT2D eigenvalue weighted by Gasteiger charge is 2.64. The van der Waals surface area contributed by atoms with E-state index < -0.39 is 17.5 Å². The van der Waals surface area contributed by atoms with E-state index in [2.05, 4.69) is 34.6 Å². The van der Waals surface area contributed by atoms with Crippen molar-refractivity contribution in [2.75, 3.05) is 6.61 Å². The Balaban J connectivity index is 1.64. The zero-order valence-corrected chi connectivity index (χ0v) is 24.6. The Morgan fingerprint density at radius 3 is 2.22 bits per heavy atom. The third kappa shape index (κ3) is 4.43. The largest absolute Gasteiger partial charge is 0.481 e. The van der Waals surface area contributed by atoms with Crippen molar-refractivity contribution >= 4 is 5.97 Å². The van der Waals surface area contributed by atoms with Crippen LogP contribution in [0.25, 0.3) is 0 Å². The van der Waals surface area contributed by atoms with Crippen LogP contribution in [0.5, 0.6) is 0 Å². The van der Waals surface area contributed by atoms with Crippen LogP contribution in [0.2, 0.25) is 0 Å². The molecule has 4 aliphatic rings. The molecule has 0 radical (unpaired) electrons. The molecule has 8 atom stereocenters. The lowest BCUT2D eigenvalue weighted by molar-refractivity contribution is -0.147. The molecule has 212 valence electrons. The van der Waals surface area contributed by atoms with Gasteiger partial charge in [0.1, 0.15) is 0 Å². The van der Waals surface area contributed by atoms with Gasteiger partial charge in [0.05, 0.1) is 17.6 Å². The van der Waals surface area contributed by atoms with Crippen molar-refractivity contribution in [3.05, 3.63) is 11.1 Å². The summed E-state index contributed by atoms with van der Waals surface area (Å²) >= 11 is 0. The number of carbonyl (C=O) groups is 1. The number of hydrogen-bond donors (Lipinski definition) is 4. The summed E-state index contributed by atoms with van der Waals surface area (Å²) in [4.78, 5) is 12.7. The van der Waals surface area contributed by atoms with Crippen LogP contribution in [0, 0.1) is 45.3 Å². The quantitative estimate of drug-likeness (QED) is 0.281. The van der Waals surface area contributed by atoms with Gasteiger partial charge in [-0.1, -0.05) is 45.8 Å². The summed E-state index contributed by atoms with van der Waals surface area (Å²) in [5, 5.41) is 41.4. The predicted molar refractivity (Wildman–Crippen MR) is 147 cm³/mol. The number of carboxylic acid groups (broad SMARTS) is 1. The average Bonchev–Trinajstić information content (AvgIpc) is 3.07. The Kier molecular flexibility index (Phi) is 7.57. The minimum absolute atomic E-state index is 0.0101. The van der Waals surface area contributed by atoms with Gasteiger partial charge in [0.25, 0.3) is 0 Å². The Bertz CT molecular complexity index is 915. The third-order valence-electron chi connectivity index (χ3n) is 12.9. The topological polar surface area (TPSA) is 98.0 Å². The van der Waals surface area contributed by atoms with E-state index in [1.165, 1.54) is 0 Å². The maximum absolute atomic E-state index is 12.7. The van der Waals surface area contributed by atoms with Crippen LogP contribution in [0.4, 0.5) is 0 Å². The molecule has 0 aromatic heterocycles. The van der Waals surface area contributed by atoms with Crippen LogP contribution in [0.15, 0.2) is 11.1 Å². The highest BCUT2D eigenvalue weighted by Crippen LogP contribution is 2.72.